The quantitative estimate of drug-likeness (QED) is 0.833. The predicted molar refractivity (Wildman–Crippen MR) is 95.0 cm³/mol. The molecular weight excluding hydrogens is 302 g/mol. The second kappa shape index (κ2) is 7.77. The molecule has 1 aliphatic heterocycles. The Bertz CT molecular complexity index is 613. The van der Waals surface area contributed by atoms with Gasteiger partial charge in [0.2, 0.25) is 5.91 Å². The van der Waals surface area contributed by atoms with E-state index >= 15 is 0 Å². The standard InChI is InChI=1S/C19H29N3O2/c1-6-17-16(7-8-18(20-17)13(2)3)19(24)21(5)11-15-9-10-22(12-15)14(4)23/h7-8,13,15H,6,9-12H2,1-5H3/t15-/m1/s1. The Morgan fingerprint density at radius 2 is 2.08 bits per heavy atom. The number of likely N-dealkylation sites (tertiary alicyclic amines) is 1. The lowest BCUT2D eigenvalue weighted by atomic mass is 10.0. The average Bonchev–Trinajstić information content (AvgIpc) is 3.02. The zero-order valence-corrected chi connectivity index (χ0v) is 15.5. The second-order valence-electron chi connectivity index (χ2n) is 7.04. The number of aryl methyl sites for hydroxylation is 1. The fraction of sp³-hybridized carbons (Fsp3) is 0.632. The van der Waals surface area contributed by atoms with Crippen molar-refractivity contribution >= 4 is 11.8 Å². The minimum absolute atomic E-state index is 0.0240. The first-order valence-corrected chi connectivity index (χ1v) is 8.84. The van der Waals surface area contributed by atoms with Crippen LogP contribution in [0.3, 0.4) is 0 Å². The third kappa shape index (κ3) is 4.13. The lowest BCUT2D eigenvalue weighted by Crippen LogP contribution is -2.34. The van der Waals surface area contributed by atoms with Crippen LogP contribution in [0.4, 0.5) is 0 Å². The van der Waals surface area contributed by atoms with Gasteiger partial charge in [0.05, 0.1) is 11.3 Å². The largest absolute Gasteiger partial charge is 0.343 e. The number of hydrogen-bond acceptors (Lipinski definition) is 3. The van der Waals surface area contributed by atoms with Crippen molar-refractivity contribution in [3.8, 4) is 0 Å². The van der Waals surface area contributed by atoms with E-state index in [1.165, 1.54) is 0 Å². The van der Waals surface area contributed by atoms with Crippen LogP contribution in [0.1, 0.15) is 61.8 Å². The van der Waals surface area contributed by atoms with E-state index in [1.807, 2.05) is 31.0 Å². The smallest absolute Gasteiger partial charge is 0.255 e. The van der Waals surface area contributed by atoms with Crippen LogP contribution in [-0.2, 0) is 11.2 Å². The Balaban J connectivity index is 2.07. The number of carbonyl (C=O) groups is 2. The maximum atomic E-state index is 12.8. The van der Waals surface area contributed by atoms with Crippen molar-refractivity contribution in [3.05, 3.63) is 29.1 Å². The van der Waals surface area contributed by atoms with Crippen molar-refractivity contribution in [1.82, 2.24) is 14.8 Å². The molecule has 1 fully saturated rings. The molecule has 0 N–H and O–H groups in total. The summed E-state index contributed by atoms with van der Waals surface area (Å²) in [6.45, 7) is 10.1. The Morgan fingerprint density at radius 1 is 1.38 bits per heavy atom. The van der Waals surface area contributed by atoms with Gasteiger partial charge in [-0.05, 0) is 36.8 Å². The van der Waals surface area contributed by atoms with Gasteiger partial charge < -0.3 is 9.80 Å². The lowest BCUT2D eigenvalue weighted by molar-refractivity contribution is -0.127. The van der Waals surface area contributed by atoms with Crippen LogP contribution in [-0.4, -0.2) is 53.3 Å². The van der Waals surface area contributed by atoms with Crippen molar-refractivity contribution < 1.29 is 9.59 Å². The Kier molecular flexibility index (Phi) is 5.97. The van der Waals surface area contributed by atoms with Gasteiger partial charge in [-0.15, -0.1) is 0 Å². The minimum Gasteiger partial charge on any atom is -0.343 e. The number of hydrogen-bond donors (Lipinski definition) is 0. The van der Waals surface area contributed by atoms with E-state index in [9.17, 15) is 9.59 Å². The summed E-state index contributed by atoms with van der Waals surface area (Å²) in [5.41, 5.74) is 2.60. The minimum atomic E-state index is 0.0240. The van der Waals surface area contributed by atoms with Gasteiger partial charge in [-0.3, -0.25) is 14.6 Å². The molecule has 2 rings (SSSR count). The topological polar surface area (TPSA) is 53.5 Å². The summed E-state index contributed by atoms with van der Waals surface area (Å²) in [5, 5.41) is 0. The van der Waals surface area contributed by atoms with E-state index in [-0.39, 0.29) is 11.8 Å². The summed E-state index contributed by atoms with van der Waals surface area (Å²) < 4.78 is 0. The second-order valence-corrected chi connectivity index (χ2v) is 7.04. The molecule has 0 aromatic carbocycles. The number of pyridine rings is 1. The van der Waals surface area contributed by atoms with Gasteiger partial charge in [0.15, 0.2) is 0 Å². The van der Waals surface area contributed by atoms with Crippen LogP contribution in [0.15, 0.2) is 12.1 Å². The molecule has 2 amide bonds. The fourth-order valence-corrected chi connectivity index (χ4v) is 3.25. The predicted octanol–water partition coefficient (Wildman–Crippen LogP) is 2.71. The number of aromatic nitrogens is 1. The zero-order valence-electron chi connectivity index (χ0n) is 15.5. The summed E-state index contributed by atoms with van der Waals surface area (Å²) in [7, 11) is 1.84. The third-order valence-corrected chi connectivity index (χ3v) is 4.76. The summed E-state index contributed by atoms with van der Waals surface area (Å²) in [6, 6.07) is 3.87. The molecule has 5 nitrogen and oxygen atoms in total. The van der Waals surface area contributed by atoms with E-state index in [4.69, 9.17) is 0 Å². The third-order valence-electron chi connectivity index (χ3n) is 4.76. The monoisotopic (exact) mass is 331 g/mol. The van der Waals surface area contributed by atoms with Crippen LogP contribution in [0.2, 0.25) is 0 Å². The number of nitrogens with zero attached hydrogens (tertiary/aromatic N) is 3. The van der Waals surface area contributed by atoms with Gasteiger partial charge in [-0.2, -0.15) is 0 Å². The molecule has 1 aliphatic rings. The van der Waals surface area contributed by atoms with Gasteiger partial charge in [0.25, 0.3) is 5.91 Å². The highest BCUT2D eigenvalue weighted by Gasteiger charge is 2.27. The van der Waals surface area contributed by atoms with E-state index in [2.05, 4.69) is 18.8 Å². The Labute approximate surface area is 145 Å². The molecular formula is C19H29N3O2. The molecule has 1 saturated heterocycles. The first-order valence-electron chi connectivity index (χ1n) is 8.84. The maximum absolute atomic E-state index is 12.8. The zero-order chi connectivity index (χ0) is 17.9. The van der Waals surface area contributed by atoms with Crippen molar-refractivity contribution in [2.75, 3.05) is 26.7 Å². The van der Waals surface area contributed by atoms with Crippen LogP contribution in [0.5, 0.6) is 0 Å². The number of carbonyl (C=O) groups excluding carboxylic acids is 2. The summed E-state index contributed by atoms with van der Waals surface area (Å²) >= 11 is 0. The van der Waals surface area contributed by atoms with E-state index in [0.717, 1.165) is 37.3 Å². The molecule has 0 radical (unpaired) electrons. The normalized spacial score (nSPS) is 17.4. The van der Waals surface area contributed by atoms with Crippen molar-refractivity contribution in [2.24, 2.45) is 5.92 Å². The van der Waals surface area contributed by atoms with Crippen LogP contribution in [0.25, 0.3) is 0 Å². The molecule has 1 aromatic heterocycles. The summed E-state index contributed by atoms with van der Waals surface area (Å²) in [5.74, 6) is 0.855. The van der Waals surface area contributed by atoms with E-state index in [1.54, 1.807) is 11.8 Å². The van der Waals surface area contributed by atoms with Gasteiger partial charge in [0.1, 0.15) is 0 Å². The summed E-state index contributed by atoms with van der Waals surface area (Å²) in [4.78, 5) is 32.6. The van der Waals surface area contributed by atoms with Gasteiger partial charge in [0, 0.05) is 39.3 Å². The number of rotatable bonds is 5. The maximum Gasteiger partial charge on any atom is 0.255 e. The van der Waals surface area contributed by atoms with Crippen molar-refractivity contribution in [1.29, 1.82) is 0 Å². The average molecular weight is 331 g/mol. The first kappa shape index (κ1) is 18.4. The molecule has 132 valence electrons. The summed E-state index contributed by atoms with van der Waals surface area (Å²) in [6.07, 6.45) is 1.71. The lowest BCUT2D eigenvalue weighted by Gasteiger charge is -2.23. The highest BCUT2D eigenvalue weighted by molar-refractivity contribution is 5.95. The molecule has 0 unspecified atom stereocenters. The first-order chi connectivity index (χ1) is 11.3. The Hall–Kier alpha value is -1.91. The molecule has 0 aliphatic carbocycles. The van der Waals surface area contributed by atoms with Crippen molar-refractivity contribution in [3.63, 3.8) is 0 Å². The van der Waals surface area contributed by atoms with Gasteiger partial charge in [-0.25, -0.2) is 0 Å². The van der Waals surface area contributed by atoms with Crippen LogP contribution >= 0.6 is 0 Å². The van der Waals surface area contributed by atoms with E-state index in [0.29, 0.717) is 23.9 Å². The molecule has 0 saturated carbocycles. The van der Waals surface area contributed by atoms with Gasteiger partial charge in [-0.1, -0.05) is 20.8 Å². The van der Waals surface area contributed by atoms with Gasteiger partial charge >= 0.3 is 0 Å². The molecule has 1 atom stereocenters. The molecule has 2 heterocycles. The fourth-order valence-electron chi connectivity index (χ4n) is 3.25. The van der Waals surface area contributed by atoms with Crippen LogP contribution in [0, 0.1) is 5.92 Å². The number of amides is 2. The SMILES string of the molecule is CCc1nc(C(C)C)ccc1C(=O)N(C)C[C@H]1CCN(C(C)=O)C1. The molecule has 24 heavy (non-hydrogen) atoms. The van der Waals surface area contributed by atoms with Crippen molar-refractivity contribution in [2.45, 2.75) is 46.5 Å². The van der Waals surface area contributed by atoms with Crippen LogP contribution < -0.4 is 0 Å². The Morgan fingerprint density at radius 3 is 2.62 bits per heavy atom. The molecule has 5 heteroatoms. The molecule has 0 bridgehead atoms. The molecule has 0 spiro atoms. The molecule has 1 aromatic rings. The highest BCUT2D eigenvalue weighted by Crippen LogP contribution is 2.20. The highest BCUT2D eigenvalue weighted by atomic mass is 16.2. The van der Waals surface area contributed by atoms with E-state index < -0.39 is 0 Å².